The first-order valence-corrected chi connectivity index (χ1v) is 7.36. The summed E-state index contributed by atoms with van der Waals surface area (Å²) in [5, 5.41) is 6.72. The molecule has 0 saturated carbocycles. The quantitative estimate of drug-likeness (QED) is 0.878. The van der Waals surface area contributed by atoms with Gasteiger partial charge in [-0.3, -0.25) is 0 Å². The van der Waals surface area contributed by atoms with Crippen LogP contribution in [0.3, 0.4) is 0 Å². The third kappa shape index (κ3) is 4.42. The zero-order chi connectivity index (χ0) is 13.7. The Balaban J connectivity index is 1.92. The molecule has 0 amide bonds. The van der Waals surface area contributed by atoms with E-state index in [0.717, 1.165) is 30.3 Å². The summed E-state index contributed by atoms with van der Waals surface area (Å²) in [6.45, 7) is 4.75. The van der Waals surface area contributed by atoms with Crippen molar-refractivity contribution in [3.8, 4) is 0 Å². The largest absolute Gasteiger partial charge is 0.307 e. The van der Waals surface area contributed by atoms with Crippen LogP contribution in [-0.4, -0.2) is 24.0 Å². The van der Waals surface area contributed by atoms with Gasteiger partial charge in [0.15, 0.2) is 0 Å². The van der Waals surface area contributed by atoms with Crippen LogP contribution in [0.15, 0.2) is 29.6 Å². The first kappa shape index (κ1) is 14.2. The molecular weight excluding hydrogens is 254 g/mol. The summed E-state index contributed by atoms with van der Waals surface area (Å²) >= 11 is 1.70. The summed E-state index contributed by atoms with van der Waals surface area (Å²) in [5.74, 6) is 0. The Morgan fingerprint density at radius 3 is 2.53 bits per heavy atom. The predicted molar refractivity (Wildman–Crippen MR) is 81.2 cm³/mol. The molecule has 1 aromatic heterocycles. The third-order valence-electron chi connectivity index (χ3n) is 2.89. The molecule has 0 aliphatic carbocycles. The number of aromatic nitrogens is 1. The SMILES string of the molecule is Cc1nc(CNCc2ccccc2CN(C)C)cs1. The Morgan fingerprint density at radius 2 is 1.89 bits per heavy atom. The highest BCUT2D eigenvalue weighted by Crippen LogP contribution is 2.11. The van der Waals surface area contributed by atoms with Crippen LogP contribution in [0.4, 0.5) is 0 Å². The molecule has 0 aliphatic rings. The number of aryl methyl sites for hydroxylation is 1. The number of nitrogens with zero attached hydrogens (tertiary/aromatic N) is 2. The van der Waals surface area contributed by atoms with Gasteiger partial charge in [0.1, 0.15) is 0 Å². The number of thiazole rings is 1. The zero-order valence-corrected chi connectivity index (χ0v) is 12.6. The average molecular weight is 275 g/mol. The van der Waals surface area contributed by atoms with Crippen molar-refractivity contribution in [3.63, 3.8) is 0 Å². The molecule has 2 rings (SSSR count). The number of hydrogen-bond donors (Lipinski definition) is 1. The second-order valence-corrected chi connectivity index (χ2v) is 6.03. The first-order chi connectivity index (χ1) is 9.15. The number of benzene rings is 1. The van der Waals surface area contributed by atoms with Crippen molar-refractivity contribution in [2.75, 3.05) is 14.1 Å². The van der Waals surface area contributed by atoms with E-state index in [9.17, 15) is 0 Å². The molecule has 0 bridgehead atoms. The monoisotopic (exact) mass is 275 g/mol. The van der Waals surface area contributed by atoms with E-state index in [1.54, 1.807) is 11.3 Å². The highest BCUT2D eigenvalue weighted by Gasteiger charge is 2.03. The topological polar surface area (TPSA) is 28.2 Å². The van der Waals surface area contributed by atoms with Gasteiger partial charge in [-0.25, -0.2) is 4.98 Å². The number of nitrogens with one attached hydrogen (secondary N) is 1. The summed E-state index contributed by atoms with van der Waals surface area (Å²) in [6.07, 6.45) is 0. The molecule has 0 fully saturated rings. The van der Waals surface area contributed by atoms with E-state index < -0.39 is 0 Å². The molecule has 0 spiro atoms. The first-order valence-electron chi connectivity index (χ1n) is 6.48. The van der Waals surface area contributed by atoms with Crippen molar-refractivity contribution >= 4 is 11.3 Å². The van der Waals surface area contributed by atoms with Gasteiger partial charge in [0.25, 0.3) is 0 Å². The highest BCUT2D eigenvalue weighted by atomic mass is 32.1. The van der Waals surface area contributed by atoms with E-state index >= 15 is 0 Å². The minimum absolute atomic E-state index is 0.834. The lowest BCUT2D eigenvalue weighted by Gasteiger charge is -2.14. The van der Waals surface area contributed by atoms with Crippen molar-refractivity contribution in [3.05, 3.63) is 51.5 Å². The number of rotatable bonds is 6. The summed E-state index contributed by atoms with van der Waals surface area (Å²) in [6, 6.07) is 8.59. The summed E-state index contributed by atoms with van der Waals surface area (Å²) in [5.41, 5.74) is 3.88. The van der Waals surface area contributed by atoms with Gasteiger partial charge in [0.05, 0.1) is 10.7 Å². The van der Waals surface area contributed by atoms with Gasteiger partial charge >= 0.3 is 0 Å². The second kappa shape index (κ2) is 6.80. The standard InChI is InChI=1S/C15H21N3S/c1-12-17-15(11-19-12)9-16-8-13-6-4-5-7-14(13)10-18(2)3/h4-7,11,16H,8-10H2,1-3H3. The molecular formula is C15H21N3S. The Kier molecular flexibility index (Phi) is 5.07. The van der Waals surface area contributed by atoms with Gasteiger partial charge in [-0.1, -0.05) is 24.3 Å². The lowest BCUT2D eigenvalue weighted by atomic mass is 10.1. The molecule has 0 saturated heterocycles. The minimum atomic E-state index is 0.834. The van der Waals surface area contributed by atoms with Crippen LogP contribution in [0.25, 0.3) is 0 Å². The van der Waals surface area contributed by atoms with Gasteiger partial charge in [0, 0.05) is 25.0 Å². The molecule has 4 heteroatoms. The molecule has 1 aromatic carbocycles. The van der Waals surface area contributed by atoms with Gasteiger partial charge in [0.2, 0.25) is 0 Å². The van der Waals surface area contributed by atoms with Crippen LogP contribution in [0.1, 0.15) is 21.8 Å². The lowest BCUT2D eigenvalue weighted by Crippen LogP contribution is -2.17. The molecule has 19 heavy (non-hydrogen) atoms. The smallest absolute Gasteiger partial charge is 0.0897 e. The Morgan fingerprint density at radius 1 is 1.16 bits per heavy atom. The van der Waals surface area contributed by atoms with E-state index in [1.807, 2.05) is 6.92 Å². The summed E-state index contributed by atoms with van der Waals surface area (Å²) in [4.78, 5) is 6.66. The van der Waals surface area contributed by atoms with Crippen molar-refractivity contribution < 1.29 is 0 Å². The van der Waals surface area contributed by atoms with Crippen molar-refractivity contribution in [2.45, 2.75) is 26.6 Å². The Bertz CT molecular complexity index is 520. The van der Waals surface area contributed by atoms with Gasteiger partial charge in [-0.2, -0.15) is 0 Å². The van der Waals surface area contributed by atoms with Crippen molar-refractivity contribution in [1.82, 2.24) is 15.2 Å². The van der Waals surface area contributed by atoms with Crippen LogP contribution in [0, 0.1) is 6.92 Å². The lowest BCUT2D eigenvalue weighted by molar-refractivity contribution is 0.400. The second-order valence-electron chi connectivity index (χ2n) is 4.97. The van der Waals surface area contributed by atoms with Crippen molar-refractivity contribution in [1.29, 1.82) is 0 Å². The zero-order valence-electron chi connectivity index (χ0n) is 11.8. The normalized spacial score (nSPS) is 11.2. The Labute approximate surface area is 119 Å². The van der Waals surface area contributed by atoms with Gasteiger partial charge in [-0.05, 0) is 32.1 Å². The van der Waals surface area contributed by atoms with E-state index in [2.05, 4.69) is 58.9 Å². The molecule has 0 unspecified atom stereocenters. The molecule has 0 radical (unpaired) electrons. The van der Waals surface area contributed by atoms with Crippen LogP contribution in [-0.2, 0) is 19.6 Å². The maximum atomic E-state index is 4.46. The van der Waals surface area contributed by atoms with Crippen molar-refractivity contribution in [2.24, 2.45) is 0 Å². The Hall–Kier alpha value is -1.23. The fraction of sp³-hybridized carbons (Fsp3) is 0.400. The maximum Gasteiger partial charge on any atom is 0.0897 e. The van der Waals surface area contributed by atoms with Gasteiger partial charge in [-0.15, -0.1) is 11.3 Å². The molecule has 3 nitrogen and oxygen atoms in total. The fourth-order valence-corrected chi connectivity index (χ4v) is 2.65. The van der Waals surface area contributed by atoms with Crippen LogP contribution < -0.4 is 5.32 Å². The minimum Gasteiger partial charge on any atom is -0.307 e. The molecule has 0 atom stereocenters. The highest BCUT2D eigenvalue weighted by molar-refractivity contribution is 7.09. The van der Waals surface area contributed by atoms with Gasteiger partial charge < -0.3 is 10.2 Å². The summed E-state index contributed by atoms with van der Waals surface area (Å²) in [7, 11) is 4.20. The van der Waals surface area contributed by atoms with Crippen LogP contribution >= 0.6 is 11.3 Å². The van der Waals surface area contributed by atoms with Crippen LogP contribution in [0.2, 0.25) is 0 Å². The average Bonchev–Trinajstić information content (AvgIpc) is 2.77. The fourth-order valence-electron chi connectivity index (χ4n) is 2.04. The molecule has 1 heterocycles. The third-order valence-corrected chi connectivity index (χ3v) is 3.72. The van der Waals surface area contributed by atoms with E-state index in [1.165, 1.54) is 11.1 Å². The van der Waals surface area contributed by atoms with E-state index in [4.69, 9.17) is 0 Å². The molecule has 102 valence electrons. The predicted octanol–water partition coefficient (Wildman–Crippen LogP) is 2.80. The van der Waals surface area contributed by atoms with E-state index in [-0.39, 0.29) is 0 Å². The molecule has 0 aliphatic heterocycles. The van der Waals surface area contributed by atoms with Crippen LogP contribution in [0.5, 0.6) is 0 Å². The number of hydrogen-bond acceptors (Lipinski definition) is 4. The summed E-state index contributed by atoms with van der Waals surface area (Å²) < 4.78 is 0. The molecule has 1 N–H and O–H groups in total. The van der Waals surface area contributed by atoms with E-state index in [0.29, 0.717) is 0 Å². The molecule has 2 aromatic rings. The maximum absolute atomic E-state index is 4.46.